The maximum absolute atomic E-state index is 14.7. The summed E-state index contributed by atoms with van der Waals surface area (Å²) in [5, 5.41) is 81.1. The number of esters is 2. The standard InChI is InChI=1S/C64H62N8O23/c65-63(66)69-39-11-13-43-35(25-39)5-3-15-92-53-45(7-1-9-49(53)94-61(43)87)55(77)71(47(59(83)84)29-51(73)74)31-33-21-37(57(79)80)27-41(23-33)90-19-17-89-18-20-91-42-24-34(22-38(28-42)58(81)82)32-72(48(60(85)86)30-52(75)76)56(78)46-8-2-10-50-54(46)93-16-4-6-36-26-40(70-64(67)68)12-14-44(36)62(88)95-50/h1-2,7-14,21-28,47-48H,3-6,15-20,29-32H2,(H,73,74)(H,75,76)(H,79,80)(H,81,82)(H,83,84)(H,85,86)(H4,65,66,69)(H4,67,68,70)/t47-,48-/m0/s1. The Morgan fingerprint density at radius 1 is 0.526 bits per heavy atom. The third-order valence-corrected chi connectivity index (χ3v) is 14.4. The zero-order valence-electron chi connectivity index (χ0n) is 50.1. The highest BCUT2D eigenvalue weighted by molar-refractivity contribution is 6.03. The van der Waals surface area contributed by atoms with Gasteiger partial charge in [0.2, 0.25) is 0 Å². The van der Waals surface area contributed by atoms with Crippen LogP contribution in [0, 0.1) is 10.8 Å². The maximum Gasteiger partial charge on any atom is 0.343 e. The Morgan fingerprint density at radius 2 is 0.926 bits per heavy atom. The average Bonchev–Trinajstić information content (AvgIpc) is 0.807. The smallest absolute Gasteiger partial charge is 0.343 e. The molecule has 0 aliphatic carbocycles. The number of carbonyl (C=O) groups excluding carboxylic acids is 4. The fraction of sp³-hybridized carbons (Fsp3) is 0.250. The zero-order valence-corrected chi connectivity index (χ0v) is 50.1. The summed E-state index contributed by atoms with van der Waals surface area (Å²) in [5.74, 6) is -15.5. The largest absolute Gasteiger partial charge is 0.491 e. The summed E-state index contributed by atoms with van der Waals surface area (Å²) in [7, 11) is 0. The number of aliphatic carboxylic acids is 4. The molecule has 2 atom stereocenters. The van der Waals surface area contributed by atoms with Gasteiger partial charge in [0, 0.05) is 24.5 Å². The first kappa shape index (κ1) is 68.6. The molecule has 0 bridgehead atoms. The average molecular weight is 1310 g/mol. The van der Waals surface area contributed by atoms with Crippen LogP contribution in [-0.2, 0) is 49.8 Å². The summed E-state index contributed by atoms with van der Waals surface area (Å²) in [4.78, 5) is 133. The monoisotopic (exact) mass is 1310 g/mol. The van der Waals surface area contributed by atoms with E-state index in [1.54, 1.807) is 12.1 Å². The highest BCUT2D eigenvalue weighted by atomic mass is 16.6. The van der Waals surface area contributed by atoms with Gasteiger partial charge >= 0.3 is 47.8 Å². The van der Waals surface area contributed by atoms with Gasteiger partial charge in [-0.1, -0.05) is 12.1 Å². The van der Waals surface area contributed by atoms with Crippen molar-refractivity contribution in [1.29, 1.82) is 10.8 Å². The van der Waals surface area contributed by atoms with Crippen LogP contribution in [-0.4, -0.2) is 164 Å². The number of guanidine groups is 2. The van der Waals surface area contributed by atoms with Crippen molar-refractivity contribution in [2.24, 2.45) is 11.5 Å². The molecule has 6 aromatic rings. The van der Waals surface area contributed by atoms with Gasteiger partial charge in [-0.25, -0.2) is 28.8 Å². The van der Waals surface area contributed by atoms with Gasteiger partial charge in [0.05, 0.1) is 72.6 Å². The van der Waals surface area contributed by atoms with Gasteiger partial charge in [-0.05, 0) is 145 Å². The number of aromatic carboxylic acids is 2. The number of hydrogen-bond acceptors (Lipinski definition) is 19. The van der Waals surface area contributed by atoms with E-state index < -0.39 is 97.6 Å². The normalized spacial score (nSPS) is 13.2. The number of carboxylic acid groups (broad SMARTS) is 6. The van der Waals surface area contributed by atoms with Crippen LogP contribution in [0.2, 0.25) is 0 Å². The van der Waals surface area contributed by atoms with Gasteiger partial charge in [-0.2, -0.15) is 0 Å². The van der Waals surface area contributed by atoms with Crippen molar-refractivity contribution in [1.82, 2.24) is 9.80 Å². The minimum Gasteiger partial charge on any atom is -0.491 e. The molecule has 2 aliphatic heterocycles. The molecule has 31 heteroatoms. The van der Waals surface area contributed by atoms with Crippen LogP contribution >= 0.6 is 0 Å². The quantitative estimate of drug-likeness (QED) is 0.0106. The number of aryl methyl sites for hydroxylation is 2. The van der Waals surface area contributed by atoms with Gasteiger partial charge < -0.3 is 95.7 Å². The maximum atomic E-state index is 14.7. The fourth-order valence-corrected chi connectivity index (χ4v) is 10.3. The van der Waals surface area contributed by atoms with Crippen LogP contribution in [0.4, 0.5) is 11.4 Å². The Bertz CT molecular complexity index is 3790. The summed E-state index contributed by atoms with van der Waals surface area (Å²) in [6.07, 6.45) is -1.17. The van der Waals surface area contributed by atoms with Crippen molar-refractivity contribution in [3.63, 3.8) is 0 Å². The van der Waals surface area contributed by atoms with Crippen LogP contribution in [0.5, 0.6) is 34.5 Å². The Kier molecular flexibility index (Phi) is 22.5. The van der Waals surface area contributed by atoms with Crippen LogP contribution in [0.25, 0.3) is 0 Å². The minimum absolute atomic E-state index is 0.0327. The molecule has 0 saturated heterocycles. The summed E-state index contributed by atoms with van der Waals surface area (Å²) >= 11 is 0. The van der Waals surface area contributed by atoms with E-state index in [-0.39, 0.29) is 156 Å². The summed E-state index contributed by atoms with van der Waals surface area (Å²) < 4.78 is 40.8. The summed E-state index contributed by atoms with van der Waals surface area (Å²) in [6.45, 7) is -2.52. The number of hydrogen-bond donors (Lipinski definition) is 12. The highest BCUT2D eigenvalue weighted by Gasteiger charge is 2.38. The predicted octanol–water partition coefficient (Wildman–Crippen LogP) is 5.40. The number of nitrogens with two attached hydrogens (primary N) is 2. The second kappa shape index (κ2) is 31.2. The zero-order chi connectivity index (χ0) is 68.6. The van der Waals surface area contributed by atoms with E-state index in [1.807, 2.05) is 0 Å². The third kappa shape index (κ3) is 18.0. The van der Waals surface area contributed by atoms with Gasteiger partial charge in [-0.3, -0.25) is 30.0 Å². The first-order valence-corrected chi connectivity index (χ1v) is 28.9. The number of benzene rings is 6. The minimum atomic E-state index is -2.06. The molecule has 0 fully saturated rings. The van der Waals surface area contributed by atoms with Crippen molar-refractivity contribution >= 4 is 82.9 Å². The molecule has 6 aromatic carbocycles. The predicted molar refractivity (Wildman–Crippen MR) is 330 cm³/mol. The SMILES string of the molecule is N=C(N)Nc1ccc2c(c1)CCCOc1c(cccc1C(=O)N(Cc1cc(OCCOCCOc3cc(CN(C(=O)c4cccc5c4OCCCc4cc(NC(=N)N)ccc4C(=O)O5)[C@@H](CC(=O)O)C(=O)O)cc(C(=O)O)c3)cc(C(=O)O)c1)[C@@H](CC(=O)O)C(=O)O)OC2=O. The van der Waals surface area contributed by atoms with Gasteiger partial charge in [-0.15, -0.1) is 0 Å². The Labute approximate surface area is 538 Å². The number of fused-ring (bicyclic) bond motifs is 4. The second-order valence-corrected chi connectivity index (χ2v) is 21.2. The van der Waals surface area contributed by atoms with E-state index >= 15 is 0 Å². The van der Waals surface area contributed by atoms with E-state index in [2.05, 4.69) is 10.6 Å². The number of amides is 2. The Balaban J connectivity index is 0.956. The molecule has 2 amide bonds. The molecule has 31 nitrogen and oxygen atoms in total. The summed E-state index contributed by atoms with van der Waals surface area (Å²) in [6, 6.07) is 19.8. The lowest BCUT2D eigenvalue weighted by Crippen LogP contribution is -2.46. The van der Waals surface area contributed by atoms with Crippen LogP contribution in [0.3, 0.4) is 0 Å². The molecule has 0 spiro atoms. The van der Waals surface area contributed by atoms with E-state index in [0.29, 0.717) is 32.3 Å². The molecule has 95 heavy (non-hydrogen) atoms. The molecule has 8 rings (SSSR count). The fourth-order valence-electron chi connectivity index (χ4n) is 10.3. The number of ether oxygens (including phenoxy) is 7. The van der Waals surface area contributed by atoms with Crippen LogP contribution < -0.4 is 50.5 Å². The first-order valence-electron chi connectivity index (χ1n) is 28.9. The van der Waals surface area contributed by atoms with Crippen molar-refractivity contribution in [2.45, 2.75) is 63.7 Å². The number of nitrogens with one attached hydrogen (secondary N) is 4. The molecule has 14 N–H and O–H groups in total. The van der Waals surface area contributed by atoms with Crippen LogP contribution in [0.1, 0.15) is 110 Å². The molecule has 0 unspecified atom stereocenters. The molecule has 496 valence electrons. The number of carbonyl (C=O) groups is 10. The van der Waals surface area contributed by atoms with Gasteiger partial charge in [0.1, 0.15) is 36.8 Å². The molecule has 2 aliphatic rings. The lowest BCUT2D eigenvalue weighted by molar-refractivity contribution is -0.149. The number of rotatable bonds is 26. The van der Waals surface area contributed by atoms with Crippen molar-refractivity contribution in [3.8, 4) is 34.5 Å². The lowest BCUT2D eigenvalue weighted by atomic mass is 10.0. The topological polar surface area (TPSA) is 487 Å². The molecule has 0 saturated carbocycles. The second-order valence-electron chi connectivity index (χ2n) is 21.2. The van der Waals surface area contributed by atoms with E-state index in [9.17, 15) is 78.6 Å². The Hall–Kier alpha value is -12.3. The highest BCUT2D eigenvalue weighted by Crippen LogP contribution is 2.38. The summed E-state index contributed by atoms with van der Waals surface area (Å²) in [5.41, 5.74) is 11.7. The van der Waals surface area contributed by atoms with Crippen LogP contribution in [0.15, 0.2) is 109 Å². The van der Waals surface area contributed by atoms with Gasteiger partial charge in [0.15, 0.2) is 34.9 Å². The third-order valence-electron chi connectivity index (χ3n) is 14.4. The molecule has 0 aromatic heterocycles. The van der Waals surface area contributed by atoms with E-state index in [1.165, 1.54) is 72.8 Å². The molecular weight excluding hydrogens is 1250 g/mol. The van der Waals surface area contributed by atoms with E-state index in [0.717, 1.165) is 24.3 Å². The lowest BCUT2D eigenvalue weighted by Gasteiger charge is -2.29. The molecule has 2 heterocycles. The Morgan fingerprint density at radius 3 is 1.28 bits per heavy atom. The molecular formula is C64H62N8O23. The first-order chi connectivity index (χ1) is 45.3. The van der Waals surface area contributed by atoms with Gasteiger partial charge in [0.25, 0.3) is 11.8 Å². The number of anilines is 2. The number of nitrogens with zero attached hydrogens (tertiary/aromatic N) is 2. The number of carboxylic acids is 6. The molecule has 0 radical (unpaired) electrons. The van der Waals surface area contributed by atoms with Crippen molar-refractivity contribution in [3.05, 3.63) is 165 Å². The van der Waals surface area contributed by atoms with Crippen molar-refractivity contribution in [2.75, 3.05) is 50.3 Å². The number of para-hydroxylation sites is 2. The van der Waals surface area contributed by atoms with E-state index in [4.69, 9.17) is 55.4 Å². The van der Waals surface area contributed by atoms with Crippen molar-refractivity contribution < 1.29 is 112 Å².